The van der Waals surface area contributed by atoms with Crippen molar-refractivity contribution in [2.75, 3.05) is 26.4 Å². The van der Waals surface area contributed by atoms with Gasteiger partial charge in [0.05, 0.1) is 0 Å². The van der Waals surface area contributed by atoms with Gasteiger partial charge in [0.15, 0.2) is 23.0 Å². The van der Waals surface area contributed by atoms with E-state index in [0.717, 1.165) is 45.3 Å². The molecule has 0 atom stereocenters. The maximum atomic E-state index is 5.62. The van der Waals surface area contributed by atoms with Crippen molar-refractivity contribution in [3.8, 4) is 46.7 Å². The minimum Gasteiger partial charge on any atom is -0.486 e. The Bertz CT molecular complexity index is 1130. The summed E-state index contributed by atoms with van der Waals surface area (Å²) in [6.07, 6.45) is 0. The van der Waals surface area contributed by atoms with Crippen LogP contribution in [0.1, 0.15) is 22.3 Å². The lowest BCUT2D eigenvalue weighted by atomic mass is 10.1. The first kappa shape index (κ1) is 18.0. The van der Waals surface area contributed by atoms with Gasteiger partial charge >= 0.3 is 0 Å². The molecule has 4 heteroatoms. The van der Waals surface area contributed by atoms with E-state index in [2.05, 4.69) is 23.7 Å². The van der Waals surface area contributed by atoms with Crippen molar-refractivity contribution in [2.24, 2.45) is 0 Å². The second-order valence-corrected chi connectivity index (χ2v) is 6.80. The summed E-state index contributed by atoms with van der Waals surface area (Å²) in [4.78, 5) is 0. The van der Waals surface area contributed by atoms with E-state index in [1.54, 1.807) is 0 Å². The van der Waals surface area contributed by atoms with Crippen LogP contribution in [0.5, 0.6) is 23.0 Å². The second-order valence-electron chi connectivity index (χ2n) is 6.80. The number of ether oxygens (including phenoxy) is 4. The van der Waals surface area contributed by atoms with Crippen LogP contribution >= 0.6 is 0 Å². The number of rotatable bonds is 0. The van der Waals surface area contributed by atoms with Gasteiger partial charge in [0, 0.05) is 22.3 Å². The number of benzene rings is 3. The first-order chi connectivity index (χ1) is 14.8. The van der Waals surface area contributed by atoms with E-state index in [1.165, 1.54) is 0 Å². The first-order valence-electron chi connectivity index (χ1n) is 9.77. The molecular formula is C26H18O4. The van der Waals surface area contributed by atoms with E-state index >= 15 is 0 Å². The molecule has 0 bridgehead atoms. The molecule has 0 fully saturated rings. The summed E-state index contributed by atoms with van der Waals surface area (Å²) in [6, 6.07) is 19.4. The third-order valence-corrected chi connectivity index (χ3v) is 4.65. The van der Waals surface area contributed by atoms with Gasteiger partial charge in [-0.3, -0.25) is 0 Å². The van der Waals surface area contributed by atoms with Gasteiger partial charge < -0.3 is 18.9 Å². The molecule has 3 aromatic rings. The number of hydrogen-bond donors (Lipinski definition) is 0. The highest BCUT2D eigenvalue weighted by Crippen LogP contribution is 2.31. The molecule has 0 saturated heterocycles. The molecular weight excluding hydrogens is 376 g/mol. The van der Waals surface area contributed by atoms with Crippen molar-refractivity contribution in [3.05, 3.63) is 82.9 Å². The van der Waals surface area contributed by atoms with E-state index in [9.17, 15) is 0 Å². The smallest absolute Gasteiger partial charge is 0.162 e. The molecule has 0 saturated carbocycles. The lowest BCUT2D eigenvalue weighted by Gasteiger charge is -2.17. The van der Waals surface area contributed by atoms with Crippen LogP contribution in [0.4, 0.5) is 0 Å². The minimum atomic E-state index is 0.563. The maximum absolute atomic E-state index is 5.62. The summed E-state index contributed by atoms with van der Waals surface area (Å²) in [5, 5.41) is 0. The Morgan fingerprint density at radius 1 is 0.433 bits per heavy atom. The number of fused-ring (bicyclic) bond motifs is 2. The fourth-order valence-electron chi connectivity index (χ4n) is 3.21. The highest BCUT2D eigenvalue weighted by molar-refractivity contribution is 5.54. The standard InChI is InChI=1S/C26H18O4/c1-2-19(4-6-21-8-10-23-25(17-21)29-14-12-27-23)16-20(3-1)5-7-22-9-11-24-26(18-22)30-15-13-28-24/h1-3,8-11,16-18H,12-15H2. The van der Waals surface area contributed by atoms with E-state index in [0.29, 0.717) is 26.4 Å². The molecule has 4 nitrogen and oxygen atoms in total. The SMILES string of the molecule is C(#Cc1ccc2c(c1)OCCO2)c1cccc(C#Cc2ccc3c(c2)OCCO3)c1. The zero-order valence-electron chi connectivity index (χ0n) is 16.2. The Balaban J connectivity index is 1.35. The molecule has 5 rings (SSSR count). The molecule has 0 radical (unpaired) electrons. The van der Waals surface area contributed by atoms with Crippen LogP contribution in [-0.2, 0) is 0 Å². The Labute approximate surface area is 175 Å². The van der Waals surface area contributed by atoms with E-state index < -0.39 is 0 Å². The molecule has 0 N–H and O–H groups in total. The van der Waals surface area contributed by atoms with Gasteiger partial charge in [-0.2, -0.15) is 0 Å². The minimum absolute atomic E-state index is 0.563. The van der Waals surface area contributed by atoms with E-state index in [-0.39, 0.29) is 0 Å². The first-order valence-corrected chi connectivity index (χ1v) is 9.77. The van der Waals surface area contributed by atoms with Crippen LogP contribution in [0, 0.1) is 23.7 Å². The van der Waals surface area contributed by atoms with Gasteiger partial charge in [-0.05, 0) is 54.6 Å². The van der Waals surface area contributed by atoms with Crippen LogP contribution in [0.25, 0.3) is 0 Å². The van der Waals surface area contributed by atoms with Crippen LogP contribution < -0.4 is 18.9 Å². The Morgan fingerprint density at radius 2 is 0.833 bits per heavy atom. The molecule has 0 aromatic heterocycles. The summed E-state index contributed by atoms with van der Waals surface area (Å²) >= 11 is 0. The van der Waals surface area contributed by atoms with Gasteiger partial charge in [0.2, 0.25) is 0 Å². The maximum Gasteiger partial charge on any atom is 0.162 e. The topological polar surface area (TPSA) is 36.9 Å². The molecule has 0 aliphatic carbocycles. The van der Waals surface area contributed by atoms with Gasteiger partial charge in [-0.15, -0.1) is 0 Å². The Hall–Kier alpha value is -4.02. The lowest BCUT2D eigenvalue weighted by molar-refractivity contribution is 0.171. The summed E-state index contributed by atoms with van der Waals surface area (Å²) in [5.41, 5.74) is 3.57. The zero-order valence-corrected chi connectivity index (χ0v) is 16.2. The second kappa shape index (κ2) is 8.15. The highest BCUT2D eigenvalue weighted by Gasteiger charge is 2.11. The Morgan fingerprint density at radius 3 is 1.30 bits per heavy atom. The average molecular weight is 394 g/mol. The normalized spacial score (nSPS) is 13.3. The van der Waals surface area contributed by atoms with Gasteiger partial charge in [-0.1, -0.05) is 29.7 Å². The third-order valence-electron chi connectivity index (χ3n) is 4.65. The molecule has 2 heterocycles. The van der Waals surface area contributed by atoms with E-state index in [1.807, 2.05) is 60.7 Å². The molecule has 30 heavy (non-hydrogen) atoms. The monoisotopic (exact) mass is 394 g/mol. The molecule has 3 aromatic carbocycles. The van der Waals surface area contributed by atoms with Crippen LogP contribution in [0.2, 0.25) is 0 Å². The van der Waals surface area contributed by atoms with Crippen molar-refractivity contribution in [1.82, 2.24) is 0 Å². The third kappa shape index (κ3) is 4.04. The predicted molar refractivity (Wildman–Crippen MR) is 113 cm³/mol. The largest absolute Gasteiger partial charge is 0.486 e. The zero-order chi connectivity index (χ0) is 20.2. The molecule has 0 spiro atoms. The lowest BCUT2D eigenvalue weighted by Crippen LogP contribution is -2.15. The van der Waals surface area contributed by atoms with Gasteiger partial charge in [0.25, 0.3) is 0 Å². The van der Waals surface area contributed by atoms with Crippen molar-refractivity contribution in [2.45, 2.75) is 0 Å². The van der Waals surface area contributed by atoms with E-state index in [4.69, 9.17) is 18.9 Å². The van der Waals surface area contributed by atoms with Crippen LogP contribution in [0.3, 0.4) is 0 Å². The molecule has 2 aliphatic heterocycles. The summed E-state index contributed by atoms with van der Waals surface area (Å²) < 4.78 is 22.3. The predicted octanol–water partition coefficient (Wildman–Crippen LogP) is 4.03. The van der Waals surface area contributed by atoms with Crippen molar-refractivity contribution >= 4 is 0 Å². The number of hydrogen-bond acceptors (Lipinski definition) is 4. The molecule has 0 amide bonds. The summed E-state index contributed by atoms with van der Waals surface area (Å²) in [6.45, 7) is 2.29. The summed E-state index contributed by atoms with van der Waals surface area (Å²) in [5.74, 6) is 15.8. The molecule has 0 unspecified atom stereocenters. The van der Waals surface area contributed by atoms with Crippen molar-refractivity contribution in [1.29, 1.82) is 0 Å². The fourth-order valence-corrected chi connectivity index (χ4v) is 3.21. The van der Waals surface area contributed by atoms with Gasteiger partial charge in [0.1, 0.15) is 26.4 Å². The van der Waals surface area contributed by atoms with Crippen molar-refractivity contribution < 1.29 is 18.9 Å². The summed E-state index contributed by atoms with van der Waals surface area (Å²) in [7, 11) is 0. The molecule has 146 valence electrons. The van der Waals surface area contributed by atoms with Crippen LogP contribution in [-0.4, -0.2) is 26.4 Å². The van der Waals surface area contributed by atoms with Crippen LogP contribution in [0.15, 0.2) is 60.7 Å². The highest BCUT2D eigenvalue weighted by atomic mass is 16.6. The van der Waals surface area contributed by atoms with Gasteiger partial charge in [-0.25, -0.2) is 0 Å². The quantitative estimate of drug-likeness (QED) is 0.540. The van der Waals surface area contributed by atoms with Crippen molar-refractivity contribution in [3.63, 3.8) is 0 Å². The Kier molecular flexibility index (Phi) is 4.90. The average Bonchev–Trinajstić information content (AvgIpc) is 2.81. The molecule has 2 aliphatic rings. The fraction of sp³-hybridized carbons (Fsp3) is 0.154.